The zero-order valence-electron chi connectivity index (χ0n) is 12.4. The summed E-state index contributed by atoms with van der Waals surface area (Å²) in [5, 5.41) is 4.57. The smallest absolute Gasteiger partial charge is 0.261 e. The molecule has 0 aliphatic heterocycles. The third kappa shape index (κ3) is 2.47. The molecule has 0 N–H and O–H groups in total. The van der Waals surface area contributed by atoms with Crippen LogP contribution in [-0.2, 0) is 6.54 Å². The van der Waals surface area contributed by atoms with E-state index in [1.165, 1.54) is 0 Å². The van der Waals surface area contributed by atoms with Crippen LogP contribution in [0, 0.1) is 6.92 Å². The maximum Gasteiger partial charge on any atom is 0.261 e. The van der Waals surface area contributed by atoms with Crippen molar-refractivity contribution in [2.24, 2.45) is 0 Å². The summed E-state index contributed by atoms with van der Waals surface area (Å²) >= 11 is 1.59. The summed E-state index contributed by atoms with van der Waals surface area (Å²) in [5.41, 5.74) is 2.32. The Bertz CT molecular complexity index is 1030. The number of fused-ring (bicyclic) bond motifs is 1. The fourth-order valence-electron chi connectivity index (χ4n) is 2.46. The van der Waals surface area contributed by atoms with Gasteiger partial charge in [0.1, 0.15) is 11.5 Å². The monoisotopic (exact) mass is 323 g/mol. The fraction of sp³-hybridized carbons (Fsp3) is 0.118. The Hall–Kier alpha value is -2.73. The number of hydrogen-bond acceptors (Lipinski definition) is 5. The number of aryl methyl sites for hydroxylation is 1. The van der Waals surface area contributed by atoms with E-state index in [2.05, 4.69) is 9.97 Å². The fourth-order valence-corrected chi connectivity index (χ4v) is 3.09. The Morgan fingerprint density at radius 2 is 2.13 bits per heavy atom. The van der Waals surface area contributed by atoms with Gasteiger partial charge in [-0.3, -0.25) is 9.36 Å². The number of hydrogen-bond donors (Lipinski definition) is 0. The van der Waals surface area contributed by atoms with Crippen LogP contribution in [0.2, 0.25) is 0 Å². The third-order valence-corrected chi connectivity index (χ3v) is 4.40. The van der Waals surface area contributed by atoms with Crippen molar-refractivity contribution < 1.29 is 4.42 Å². The van der Waals surface area contributed by atoms with E-state index >= 15 is 0 Å². The number of aromatic nitrogens is 3. The number of thiophene rings is 1. The summed E-state index contributed by atoms with van der Waals surface area (Å²) in [4.78, 5) is 21.4. The second-order valence-corrected chi connectivity index (χ2v) is 6.01. The van der Waals surface area contributed by atoms with Crippen molar-refractivity contribution in [3.63, 3.8) is 0 Å². The van der Waals surface area contributed by atoms with Gasteiger partial charge in [-0.25, -0.2) is 9.97 Å². The van der Waals surface area contributed by atoms with Crippen LogP contribution in [0.25, 0.3) is 22.4 Å². The van der Waals surface area contributed by atoms with E-state index in [1.807, 2.05) is 41.9 Å². The molecule has 23 heavy (non-hydrogen) atoms. The predicted molar refractivity (Wildman–Crippen MR) is 89.7 cm³/mol. The van der Waals surface area contributed by atoms with Gasteiger partial charge in [-0.05, 0) is 30.5 Å². The van der Waals surface area contributed by atoms with Crippen LogP contribution in [0.1, 0.15) is 11.5 Å². The van der Waals surface area contributed by atoms with E-state index in [4.69, 9.17) is 4.42 Å². The summed E-state index contributed by atoms with van der Waals surface area (Å²) in [7, 11) is 0. The number of para-hydroxylation sites is 1. The van der Waals surface area contributed by atoms with Crippen molar-refractivity contribution in [1.29, 1.82) is 0 Å². The normalized spacial score (nSPS) is 11.2. The van der Waals surface area contributed by atoms with Gasteiger partial charge >= 0.3 is 0 Å². The number of rotatable bonds is 3. The standard InChI is InChI=1S/C17H13N3O2S/c1-11-15(19-16(22-11)12-6-7-23-9-12)8-20-10-18-14-5-3-2-4-13(14)17(20)21/h2-7,9-10H,8H2,1H3. The summed E-state index contributed by atoms with van der Waals surface area (Å²) in [6.07, 6.45) is 1.56. The second kappa shape index (κ2) is 5.48. The van der Waals surface area contributed by atoms with Gasteiger partial charge in [0.05, 0.1) is 23.8 Å². The Morgan fingerprint density at radius 3 is 2.96 bits per heavy atom. The zero-order valence-corrected chi connectivity index (χ0v) is 13.2. The Balaban J connectivity index is 1.74. The maximum absolute atomic E-state index is 12.5. The molecule has 0 unspecified atom stereocenters. The van der Waals surface area contributed by atoms with Gasteiger partial charge < -0.3 is 4.42 Å². The molecule has 0 aliphatic carbocycles. The van der Waals surface area contributed by atoms with E-state index < -0.39 is 0 Å². The largest absolute Gasteiger partial charge is 0.441 e. The quantitative estimate of drug-likeness (QED) is 0.579. The average molecular weight is 323 g/mol. The first-order valence-corrected chi connectivity index (χ1v) is 8.10. The highest BCUT2D eigenvalue weighted by Crippen LogP contribution is 2.24. The number of oxazole rings is 1. The van der Waals surface area contributed by atoms with Crippen molar-refractivity contribution in [2.75, 3.05) is 0 Å². The third-order valence-electron chi connectivity index (χ3n) is 3.71. The topological polar surface area (TPSA) is 60.9 Å². The molecule has 1 aromatic carbocycles. The molecule has 4 rings (SSSR count). The van der Waals surface area contributed by atoms with E-state index in [0.29, 0.717) is 29.1 Å². The van der Waals surface area contributed by atoms with E-state index in [0.717, 1.165) is 11.3 Å². The van der Waals surface area contributed by atoms with Gasteiger partial charge in [0.2, 0.25) is 5.89 Å². The molecule has 3 heterocycles. The van der Waals surface area contributed by atoms with Gasteiger partial charge in [-0.2, -0.15) is 11.3 Å². The minimum Gasteiger partial charge on any atom is -0.441 e. The SMILES string of the molecule is Cc1oc(-c2ccsc2)nc1Cn1cnc2ccccc2c1=O. The van der Waals surface area contributed by atoms with Crippen molar-refractivity contribution in [2.45, 2.75) is 13.5 Å². The van der Waals surface area contributed by atoms with Crippen LogP contribution in [0.3, 0.4) is 0 Å². The Labute approximate surface area is 135 Å². The molecule has 0 atom stereocenters. The Kier molecular flexibility index (Phi) is 3.31. The molecule has 0 fully saturated rings. The molecule has 0 spiro atoms. The highest BCUT2D eigenvalue weighted by atomic mass is 32.1. The van der Waals surface area contributed by atoms with Crippen molar-refractivity contribution in [1.82, 2.24) is 14.5 Å². The van der Waals surface area contributed by atoms with E-state index in [-0.39, 0.29) is 5.56 Å². The van der Waals surface area contributed by atoms with Crippen molar-refractivity contribution in [3.8, 4) is 11.5 Å². The summed E-state index contributed by atoms with van der Waals surface area (Å²) in [6.45, 7) is 2.20. The highest BCUT2D eigenvalue weighted by Gasteiger charge is 2.13. The molecular weight excluding hydrogens is 310 g/mol. The molecule has 0 bridgehead atoms. The highest BCUT2D eigenvalue weighted by molar-refractivity contribution is 7.08. The van der Waals surface area contributed by atoms with Gasteiger partial charge in [-0.15, -0.1) is 0 Å². The summed E-state index contributed by atoms with van der Waals surface area (Å²) in [6, 6.07) is 9.29. The number of benzene rings is 1. The van der Waals surface area contributed by atoms with E-state index in [9.17, 15) is 4.79 Å². The molecule has 3 aromatic heterocycles. The lowest BCUT2D eigenvalue weighted by molar-refractivity contribution is 0.537. The number of nitrogens with zero attached hydrogens (tertiary/aromatic N) is 3. The molecule has 6 heteroatoms. The van der Waals surface area contributed by atoms with Crippen LogP contribution in [0.4, 0.5) is 0 Å². The second-order valence-electron chi connectivity index (χ2n) is 5.23. The van der Waals surface area contributed by atoms with Crippen molar-refractivity contribution >= 4 is 22.2 Å². The first-order valence-electron chi connectivity index (χ1n) is 7.15. The van der Waals surface area contributed by atoms with Gasteiger partial charge in [0.15, 0.2) is 0 Å². The van der Waals surface area contributed by atoms with Crippen molar-refractivity contribution in [3.05, 3.63) is 69.2 Å². The molecule has 0 aliphatic rings. The zero-order chi connectivity index (χ0) is 15.8. The molecule has 0 saturated carbocycles. The van der Waals surface area contributed by atoms with Gasteiger partial charge in [0.25, 0.3) is 5.56 Å². The molecule has 0 amide bonds. The first kappa shape index (κ1) is 13.9. The molecule has 5 nitrogen and oxygen atoms in total. The van der Waals surface area contributed by atoms with E-state index in [1.54, 1.807) is 28.3 Å². The molecule has 0 radical (unpaired) electrons. The van der Waals surface area contributed by atoms with Crippen LogP contribution in [-0.4, -0.2) is 14.5 Å². The molecule has 114 valence electrons. The van der Waals surface area contributed by atoms with Gasteiger partial charge in [-0.1, -0.05) is 12.1 Å². The maximum atomic E-state index is 12.5. The molecule has 0 saturated heterocycles. The lowest BCUT2D eigenvalue weighted by Crippen LogP contribution is -2.21. The summed E-state index contributed by atoms with van der Waals surface area (Å²) in [5.74, 6) is 1.30. The predicted octanol–water partition coefficient (Wildman–Crippen LogP) is 3.47. The minimum atomic E-state index is -0.0740. The lowest BCUT2D eigenvalue weighted by Gasteiger charge is -2.04. The Morgan fingerprint density at radius 1 is 1.26 bits per heavy atom. The van der Waals surface area contributed by atoms with Crippen LogP contribution >= 0.6 is 11.3 Å². The molecular formula is C17H13N3O2S. The van der Waals surface area contributed by atoms with Gasteiger partial charge in [0, 0.05) is 10.9 Å². The summed E-state index contributed by atoms with van der Waals surface area (Å²) < 4.78 is 7.28. The lowest BCUT2D eigenvalue weighted by atomic mass is 10.2. The first-order chi connectivity index (χ1) is 11.2. The van der Waals surface area contributed by atoms with Crippen LogP contribution in [0.5, 0.6) is 0 Å². The van der Waals surface area contributed by atoms with Crippen LogP contribution in [0.15, 0.2) is 56.6 Å². The molecule has 4 aromatic rings. The minimum absolute atomic E-state index is 0.0740. The van der Waals surface area contributed by atoms with Crippen LogP contribution < -0.4 is 5.56 Å². The average Bonchev–Trinajstić information content (AvgIpc) is 3.21.